The summed E-state index contributed by atoms with van der Waals surface area (Å²) in [5, 5.41) is 1.51. The molecule has 0 saturated heterocycles. The van der Waals surface area contributed by atoms with E-state index < -0.39 is 0 Å². The van der Waals surface area contributed by atoms with Crippen LogP contribution >= 0.6 is 11.8 Å². The van der Waals surface area contributed by atoms with Gasteiger partial charge in [0.05, 0.1) is 0 Å². The van der Waals surface area contributed by atoms with Crippen LogP contribution < -0.4 is 0 Å². The van der Waals surface area contributed by atoms with Crippen LogP contribution in [-0.2, 0) is 11.2 Å². The molecule has 1 N–H and O–H groups in total. The molecule has 0 spiro atoms. The molecule has 1 heterocycles. The predicted molar refractivity (Wildman–Crippen MR) is 69.8 cm³/mol. The lowest BCUT2D eigenvalue weighted by Crippen LogP contribution is -1.89. The van der Waals surface area contributed by atoms with Gasteiger partial charge in [-0.1, -0.05) is 30.0 Å². The average Bonchev–Trinajstić information content (AvgIpc) is 2.68. The Morgan fingerprint density at radius 2 is 2.19 bits per heavy atom. The molecule has 0 saturated carbocycles. The fraction of sp³-hybridized carbons (Fsp3) is 0.308. The molecule has 0 amide bonds. The fourth-order valence-corrected chi connectivity index (χ4v) is 2.39. The van der Waals surface area contributed by atoms with Crippen molar-refractivity contribution in [2.24, 2.45) is 0 Å². The first kappa shape index (κ1) is 11.3. The molecule has 0 aliphatic rings. The van der Waals surface area contributed by atoms with Crippen molar-refractivity contribution in [3.8, 4) is 0 Å². The zero-order chi connectivity index (χ0) is 11.4. The van der Waals surface area contributed by atoms with E-state index in [0.29, 0.717) is 0 Å². The van der Waals surface area contributed by atoms with Gasteiger partial charge in [0.1, 0.15) is 0 Å². The number of benzene rings is 1. The maximum atomic E-state index is 10.8. The zero-order valence-electron chi connectivity index (χ0n) is 9.32. The van der Waals surface area contributed by atoms with Gasteiger partial charge in [0, 0.05) is 29.8 Å². The van der Waals surface area contributed by atoms with Crippen molar-refractivity contribution in [1.82, 2.24) is 4.98 Å². The Morgan fingerprint density at radius 1 is 1.38 bits per heavy atom. The Labute approximate surface area is 99.4 Å². The van der Waals surface area contributed by atoms with E-state index in [1.807, 2.05) is 6.07 Å². The molecule has 0 unspecified atom stereocenters. The minimum Gasteiger partial charge on any atom is -0.361 e. The second kappa shape index (κ2) is 5.21. The third kappa shape index (κ3) is 2.67. The van der Waals surface area contributed by atoms with Gasteiger partial charge in [-0.15, -0.1) is 0 Å². The number of para-hydroxylation sites is 1. The van der Waals surface area contributed by atoms with E-state index in [4.69, 9.17) is 0 Å². The van der Waals surface area contributed by atoms with Gasteiger partial charge in [0.25, 0.3) is 0 Å². The lowest BCUT2D eigenvalue weighted by Gasteiger charge is -1.98. The summed E-state index contributed by atoms with van der Waals surface area (Å²) >= 11 is 1.41. The number of rotatable bonds is 4. The number of aromatic amines is 1. The summed E-state index contributed by atoms with van der Waals surface area (Å²) in [6.45, 7) is 1.62. The van der Waals surface area contributed by atoms with Crippen LogP contribution in [0.1, 0.15) is 18.9 Å². The highest BCUT2D eigenvalue weighted by Crippen LogP contribution is 2.19. The first-order chi connectivity index (χ1) is 7.77. The van der Waals surface area contributed by atoms with E-state index in [0.717, 1.165) is 18.6 Å². The molecule has 0 bridgehead atoms. The summed E-state index contributed by atoms with van der Waals surface area (Å²) in [5.74, 6) is 0.912. The molecule has 0 aliphatic heterocycles. The quantitative estimate of drug-likeness (QED) is 0.821. The van der Waals surface area contributed by atoms with Crippen LogP contribution in [0.25, 0.3) is 10.9 Å². The second-order valence-electron chi connectivity index (χ2n) is 3.80. The van der Waals surface area contributed by atoms with Crippen molar-refractivity contribution in [3.63, 3.8) is 0 Å². The van der Waals surface area contributed by atoms with Crippen LogP contribution in [0.15, 0.2) is 30.5 Å². The largest absolute Gasteiger partial charge is 0.361 e. The average molecular weight is 233 g/mol. The monoisotopic (exact) mass is 233 g/mol. The van der Waals surface area contributed by atoms with Gasteiger partial charge in [-0.25, -0.2) is 0 Å². The number of carbonyl (C=O) groups excluding carboxylic acids is 1. The van der Waals surface area contributed by atoms with Gasteiger partial charge in [-0.2, -0.15) is 0 Å². The Morgan fingerprint density at radius 3 is 3.00 bits per heavy atom. The van der Waals surface area contributed by atoms with Gasteiger partial charge in [-0.3, -0.25) is 4.79 Å². The SMILES string of the molecule is CC(=O)SCCCc1c[nH]c2ccccc12. The fourth-order valence-electron chi connectivity index (χ4n) is 1.82. The number of aryl methyl sites for hydroxylation is 1. The van der Waals surface area contributed by atoms with Crippen molar-refractivity contribution >= 4 is 27.8 Å². The van der Waals surface area contributed by atoms with Crippen LogP contribution in [0.4, 0.5) is 0 Å². The number of thioether (sulfide) groups is 1. The Balaban J connectivity index is 1.97. The molecular formula is C13H15NOS. The lowest BCUT2D eigenvalue weighted by molar-refractivity contribution is -0.109. The van der Waals surface area contributed by atoms with Crippen molar-refractivity contribution in [3.05, 3.63) is 36.0 Å². The molecule has 0 atom stereocenters. The van der Waals surface area contributed by atoms with E-state index in [2.05, 4.69) is 29.4 Å². The molecule has 2 nitrogen and oxygen atoms in total. The summed E-state index contributed by atoms with van der Waals surface area (Å²) in [4.78, 5) is 14.0. The van der Waals surface area contributed by atoms with Gasteiger partial charge in [-0.05, 0) is 24.5 Å². The number of nitrogens with one attached hydrogen (secondary N) is 1. The van der Waals surface area contributed by atoms with Gasteiger partial charge in [0.2, 0.25) is 0 Å². The first-order valence-electron chi connectivity index (χ1n) is 5.46. The number of fused-ring (bicyclic) bond motifs is 1. The molecule has 0 fully saturated rings. The number of aromatic nitrogens is 1. The van der Waals surface area contributed by atoms with Crippen LogP contribution in [0.3, 0.4) is 0 Å². The summed E-state index contributed by atoms with van der Waals surface area (Å²) in [7, 11) is 0. The Kier molecular flexibility index (Phi) is 3.67. The minimum absolute atomic E-state index is 0.207. The maximum absolute atomic E-state index is 10.8. The molecule has 0 radical (unpaired) electrons. The summed E-state index contributed by atoms with van der Waals surface area (Å²) in [6.07, 6.45) is 4.15. The number of hydrogen-bond acceptors (Lipinski definition) is 2. The van der Waals surface area contributed by atoms with E-state index in [-0.39, 0.29) is 5.12 Å². The lowest BCUT2D eigenvalue weighted by atomic mass is 10.1. The summed E-state index contributed by atoms with van der Waals surface area (Å²) in [6, 6.07) is 8.32. The van der Waals surface area contributed by atoms with Crippen molar-refractivity contribution in [2.75, 3.05) is 5.75 Å². The molecule has 16 heavy (non-hydrogen) atoms. The van der Waals surface area contributed by atoms with E-state index in [9.17, 15) is 4.79 Å². The molecule has 2 rings (SSSR count). The smallest absolute Gasteiger partial charge is 0.185 e. The van der Waals surface area contributed by atoms with E-state index >= 15 is 0 Å². The van der Waals surface area contributed by atoms with Crippen LogP contribution in [0.5, 0.6) is 0 Å². The number of hydrogen-bond donors (Lipinski definition) is 1. The standard InChI is InChI=1S/C13H15NOS/c1-10(15)16-8-4-5-11-9-14-13-7-3-2-6-12(11)13/h2-3,6-7,9,14H,4-5,8H2,1H3. The molecule has 1 aromatic heterocycles. The van der Waals surface area contributed by atoms with Crippen molar-refractivity contribution < 1.29 is 4.79 Å². The summed E-state index contributed by atoms with van der Waals surface area (Å²) < 4.78 is 0. The van der Waals surface area contributed by atoms with Crippen LogP contribution in [-0.4, -0.2) is 15.9 Å². The van der Waals surface area contributed by atoms with E-state index in [1.54, 1.807) is 6.92 Å². The molecule has 84 valence electrons. The third-order valence-electron chi connectivity index (χ3n) is 2.57. The minimum atomic E-state index is 0.207. The number of carbonyl (C=O) groups is 1. The topological polar surface area (TPSA) is 32.9 Å². The highest BCUT2D eigenvalue weighted by atomic mass is 32.2. The predicted octanol–water partition coefficient (Wildman–Crippen LogP) is 3.38. The van der Waals surface area contributed by atoms with Gasteiger partial charge < -0.3 is 4.98 Å². The van der Waals surface area contributed by atoms with Gasteiger partial charge >= 0.3 is 0 Å². The number of H-pyrrole nitrogens is 1. The van der Waals surface area contributed by atoms with Crippen LogP contribution in [0.2, 0.25) is 0 Å². The van der Waals surface area contributed by atoms with Crippen molar-refractivity contribution in [2.45, 2.75) is 19.8 Å². The van der Waals surface area contributed by atoms with Crippen LogP contribution in [0, 0.1) is 0 Å². The van der Waals surface area contributed by atoms with E-state index in [1.165, 1.54) is 28.2 Å². The Hall–Kier alpha value is -1.22. The molecule has 3 heteroatoms. The first-order valence-corrected chi connectivity index (χ1v) is 6.44. The zero-order valence-corrected chi connectivity index (χ0v) is 10.1. The van der Waals surface area contributed by atoms with Crippen molar-refractivity contribution in [1.29, 1.82) is 0 Å². The Bertz CT molecular complexity index is 489. The molecule has 0 aliphatic carbocycles. The third-order valence-corrected chi connectivity index (χ3v) is 3.47. The summed E-state index contributed by atoms with van der Waals surface area (Å²) in [5.41, 5.74) is 2.54. The normalized spacial score (nSPS) is 10.8. The van der Waals surface area contributed by atoms with Gasteiger partial charge in [0.15, 0.2) is 5.12 Å². The second-order valence-corrected chi connectivity index (χ2v) is 5.07. The molecule has 1 aromatic carbocycles. The highest BCUT2D eigenvalue weighted by molar-refractivity contribution is 8.13. The maximum Gasteiger partial charge on any atom is 0.185 e. The molecular weight excluding hydrogens is 218 g/mol. The molecule has 2 aromatic rings. The highest BCUT2D eigenvalue weighted by Gasteiger charge is 2.02.